The second-order valence-corrected chi connectivity index (χ2v) is 24.9. The minimum atomic E-state index is -5.19. The average Bonchev–Trinajstić information content (AvgIpc) is 4.19. The molecule has 25 heteroatoms. The van der Waals surface area contributed by atoms with Gasteiger partial charge in [0.1, 0.15) is 40.9 Å². The van der Waals surface area contributed by atoms with Gasteiger partial charge in [-0.2, -0.15) is 45.3 Å². The van der Waals surface area contributed by atoms with E-state index >= 15 is 8.78 Å². The smallest absolute Gasteiger partial charge is 0.346 e. The Kier molecular flexibility index (Phi) is 11.4. The van der Waals surface area contributed by atoms with Crippen molar-refractivity contribution < 1.29 is 65.5 Å². The van der Waals surface area contributed by atoms with E-state index < -0.39 is 136 Å². The highest BCUT2D eigenvalue weighted by Gasteiger charge is 2.68. The van der Waals surface area contributed by atoms with E-state index in [1.165, 1.54) is 45.0 Å². The summed E-state index contributed by atoms with van der Waals surface area (Å²) in [4.78, 5) is 18.8. The van der Waals surface area contributed by atoms with Crippen molar-refractivity contribution in [2.45, 2.75) is 124 Å². The first kappa shape index (κ1) is 49.6. The molecule has 2 N–H and O–H groups in total. The Hall–Kier alpha value is -5.41. The molecule has 0 spiro atoms. The highest BCUT2D eigenvalue weighted by molar-refractivity contribution is 7.94. The molecule has 9 rings (SSSR count). The van der Waals surface area contributed by atoms with Crippen molar-refractivity contribution in [2.75, 3.05) is 4.72 Å². The van der Waals surface area contributed by atoms with Crippen LogP contribution < -0.4 is 10.0 Å². The van der Waals surface area contributed by atoms with Gasteiger partial charge in [0.2, 0.25) is 15.9 Å². The third kappa shape index (κ3) is 8.66. The summed E-state index contributed by atoms with van der Waals surface area (Å²) >= 11 is 6.62. The number of carbonyl (C=O) groups is 1. The van der Waals surface area contributed by atoms with Gasteiger partial charge >= 0.3 is 12.4 Å². The third-order valence-corrected chi connectivity index (χ3v) is 19.1. The topological polar surface area (TPSA) is 158 Å². The van der Waals surface area contributed by atoms with Gasteiger partial charge in [-0.3, -0.25) is 18.9 Å². The summed E-state index contributed by atoms with van der Waals surface area (Å²) in [5.74, 6) is -5.07. The number of anilines is 1. The Morgan fingerprint density at radius 2 is 1.53 bits per heavy atom. The lowest BCUT2D eigenvalue weighted by molar-refractivity contribution is -0.142. The first-order valence-electron chi connectivity index (χ1n) is 21.6. The molecule has 4 aliphatic rings. The Morgan fingerprint density at radius 3 is 2.13 bits per heavy atom. The van der Waals surface area contributed by atoms with Crippen LogP contribution in [0.3, 0.4) is 0 Å². The molecule has 12 nitrogen and oxygen atoms in total. The van der Waals surface area contributed by atoms with Crippen LogP contribution in [-0.4, -0.2) is 67.7 Å². The van der Waals surface area contributed by atoms with Gasteiger partial charge in [-0.25, -0.2) is 30.6 Å². The molecule has 1 unspecified atom stereocenters. The van der Waals surface area contributed by atoms with Gasteiger partial charge in [-0.1, -0.05) is 23.6 Å². The van der Waals surface area contributed by atoms with Gasteiger partial charge < -0.3 is 5.32 Å². The summed E-state index contributed by atoms with van der Waals surface area (Å²) in [6.45, 7) is 2.63. The molecule has 1 amide bonds. The van der Waals surface area contributed by atoms with Crippen LogP contribution in [0.1, 0.15) is 106 Å². The zero-order valence-electron chi connectivity index (χ0n) is 37.2. The second-order valence-electron chi connectivity index (χ2n) is 19.3. The molecule has 70 heavy (non-hydrogen) atoms. The van der Waals surface area contributed by atoms with E-state index in [4.69, 9.17) is 11.6 Å². The lowest BCUT2D eigenvalue weighted by Gasteiger charge is -2.24. The first-order valence-corrected chi connectivity index (χ1v) is 25.0. The number of fused-ring (bicyclic) bond motifs is 4. The van der Waals surface area contributed by atoms with Crippen LogP contribution in [0.4, 0.5) is 49.7 Å². The molecule has 0 saturated heterocycles. The maximum atomic E-state index is 15.6. The van der Waals surface area contributed by atoms with Gasteiger partial charge in [-0.05, 0) is 114 Å². The van der Waals surface area contributed by atoms with E-state index in [0.717, 1.165) is 12.1 Å². The van der Waals surface area contributed by atoms with Gasteiger partial charge in [0.15, 0.2) is 21.3 Å². The third-order valence-electron chi connectivity index (χ3n) is 13.5. The number of hydrogen-bond acceptors (Lipinski definition) is 8. The molecular weight excluding hydrogens is 1010 g/mol. The Morgan fingerprint density at radius 1 is 0.900 bits per heavy atom. The Balaban J connectivity index is 1.23. The SMILES string of the molecule is CC1(S(=O)(=O)Nc2nn(CC(F)(F)F)c3c(-c4ccc(C#CC(C)(C)S(=O)(=O)C5(C)CC5)nc4[C@H](Cc4cc(F)cc(F)c4)NC(=O)Cn4nc(C(F)(F)F)c5c4C(F)(F)C4C[C@H]54)ccc(Cl)c23)CC1. The molecule has 0 bridgehead atoms. The van der Waals surface area contributed by atoms with Crippen LogP contribution in [0.25, 0.3) is 22.0 Å². The van der Waals surface area contributed by atoms with Crippen molar-refractivity contribution in [3.05, 3.63) is 93.0 Å². The lowest BCUT2D eigenvalue weighted by atomic mass is 9.93. The van der Waals surface area contributed by atoms with E-state index in [2.05, 4.69) is 37.1 Å². The molecule has 374 valence electrons. The van der Waals surface area contributed by atoms with E-state index in [-0.39, 0.29) is 62.4 Å². The highest BCUT2D eigenvalue weighted by atomic mass is 35.5. The fourth-order valence-electron chi connectivity index (χ4n) is 9.08. The monoisotopic (exact) mass is 1050 g/mol. The minimum absolute atomic E-state index is 0.176. The number of rotatable bonds is 13. The number of halogens is 11. The fraction of sp³-hybridized carbons (Fsp3) is 0.467. The summed E-state index contributed by atoms with van der Waals surface area (Å²) < 4.78 is 200. The summed E-state index contributed by atoms with van der Waals surface area (Å²) in [6.07, 6.45) is -9.84. The number of amides is 1. The van der Waals surface area contributed by atoms with Crippen molar-refractivity contribution >= 4 is 54.1 Å². The number of alkyl halides is 8. The summed E-state index contributed by atoms with van der Waals surface area (Å²) in [5, 5.41) is 9.33. The second kappa shape index (κ2) is 16.0. The van der Waals surface area contributed by atoms with Crippen LogP contribution in [0.2, 0.25) is 5.02 Å². The predicted octanol–water partition coefficient (Wildman–Crippen LogP) is 9.51. The molecule has 5 aromatic rings. The largest absolute Gasteiger partial charge is 0.435 e. The maximum absolute atomic E-state index is 15.6. The summed E-state index contributed by atoms with van der Waals surface area (Å²) in [7, 11) is -8.20. The van der Waals surface area contributed by atoms with E-state index in [1.54, 1.807) is 6.92 Å². The quantitative estimate of drug-likeness (QED) is 0.0873. The zero-order valence-corrected chi connectivity index (χ0v) is 39.6. The van der Waals surface area contributed by atoms with Gasteiger partial charge in [0, 0.05) is 28.7 Å². The number of pyridine rings is 1. The first-order chi connectivity index (χ1) is 32.3. The number of sulfone groups is 1. The Labute approximate surface area is 398 Å². The number of sulfonamides is 1. The molecule has 0 aliphatic heterocycles. The molecule has 3 atom stereocenters. The molecule has 0 radical (unpaired) electrons. The molecule has 3 fully saturated rings. The van der Waals surface area contributed by atoms with E-state index in [9.17, 15) is 56.8 Å². The van der Waals surface area contributed by atoms with Gasteiger partial charge in [0.05, 0.1) is 37.2 Å². The lowest BCUT2D eigenvalue weighted by Crippen LogP contribution is -2.38. The normalized spacial score (nSPS) is 20.3. The average molecular weight is 1050 g/mol. The molecule has 3 saturated carbocycles. The van der Waals surface area contributed by atoms with Crippen LogP contribution in [0.15, 0.2) is 42.5 Å². The summed E-state index contributed by atoms with van der Waals surface area (Å²) in [6, 6.07) is 5.47. The molecule has 2 aromatic carbocycles. The highest BCUT2D eigenvalue weighted by Crippen LogP contribution is 2.68. The zero-order chi connectivity index (χ0) is 51.1. The number of hydrogen-bond donors (Lipinski definition) is 2. The van der Waals surface area contributed by atoms with Crippen LogP contribution in [0.5, 0.6) is 0 Å². The van der Waals surface area contributed by atoms with Crippen molar-refractivity contribution in [1.82, 2.24) is 29.9 Å². The van der Waals surface area contributed by atoms with Crippen LogP contribution in [0, 0.1) is 29.4 Å². The van der Waals surface area contributed by atoms with Crippen molar-refractivity contribution in [2.24, 2.45) is 5.92 Å². The molecule has 4 aliphatic carbocycles. The van der Waals surface area contributed by atoms with Crippen LogP contribution in [-0.2, 0) is 56.3 Å². The van der Waals surface area contributed by atoms with Crippen molar-refractivity contribution in [3.8, 4) is 23.0 Å². The van der Waals surface area contributed by atoms with Crippen molar-refractivity contribution in [1.29, 1.82) is 0 Å². The van der Waals surface area contributed by atoms with E-state index in [1.807, 2.05) is 0 Å². The fourth-order valence-corrected chi connectivity index (χ4v) is 12.7. The Bertz CT molecular complexity index is 3310. The number of nitrogens with zero attached hydrogens (tertiary/aromatic N) is 5. The predicted molar refractivity (Wildman–Crippen MR) is 235 cm³/mol. The maximum Gasteiger partial charge on any atom is 0.435 e. The number of carbonyl (C=O) groups excluding carboxylic acids is 1. The van der Waals surface area contributed by atoms with E-state index in [0.29, 0.717) is 23.6 Å². The summed E-state index contributed by atoms with van der Waals surface area (Å²) in [5.41, 5.74) is -5.02. The van der Waals surface area contributed by atoms with Crippen molar-refractivity contribution in [3.63, 3.8) is 0 Å². The number of aromatic nitrogens is 5. The van der Waals surface area contributed by atoms with Crippen LogP contribution >= 0.6 is 11.6 Å². The number of nitrogens with one attached hydrogen (secondary N) is 2. The molecule has 3 heterocycles. The van der Waals surface area contributed by atoms with Gasteiger partial charge in [0.25, 0.3) is 5.92 Å². The van der Waals surface area contributed by atoms with Gasteiger partial charge in [-0.15, -0.1) is 0 Å². The molecular formula is C45H40ClF10N7O5S2. The minimum Gasteiger partial charge on any atom is -0.346 e. The standard InChI is InChI=1S/C45H40ClF10N7O5S2/c1-40(2,69(65,66)41(3)11-12-41)10-9-25-5-6-26(27-7-8-30(46)34-36(27)63(21-43(49,50)51)60-39(34)61-70(67,68)42(4)13-14-42)35(57-25)31(17-22-15-23(47)18-24(48)16-22)58-32(64)20-62-38-33(37(59-62)45(54,55)56)28-19-29(28)44(38,52)53/h5-8,15-16,18,28-29,31H,11-14,17,19-21H2,1-4H3,(H,58,64)(H,60,61)/t28-,29?,31-/m0/s1. The number of benzene rings is 2. The molecule has 3 aromatic heterocycles.